The second-order valence-electron chi connectivity index (χ2n) is 7.36. The van der Waals surface area contributed by atoms with Gasteiger partial charge in [-0.05, 0) is 36.6 Å². The number of nitrogens with zero attached hydrogens (tertiary/aromatic N) is 1. The molecule has 1 unspecified atom stereocenters. The molecule has 1 aliphatic rings. The first-order chi connectivity index (χ1) is 14.2. The first-order valence-electron chi connectivity index (χ1n) is 10.00. The highest BCUT2D eigenvalue weighted by Gasteiger charge is 2.29. The normalized spacial score (nSPS) is 16.9. The Morgan fingerprint density at radius 2 is 2.00 bits per heavy atom. The minimum atomic E-state index is -0.201. The Hall–Kier alpha value is -3.06. The topological polar surface area (TPSA) is 90.2 Å². The molecule has 2 heterocycles. The molecule has 0 bridgehead atoms. The van der Waals surface area contributed by atoms with Crippen molar-refractivity contribution in [3.63, 3.8) is 0 Å². The maximum atomic E-state index is 13.0. The molecule has 29 heavy (non-hydrogen) atoms. The van der Waals surface area contributed by atoms with Gasteiger partial charge in [-0.2, -0.15) is 0 Å². The third kappa shape index (κ3) is 4.19. The average Bonchev–Trinajstić information content (AvgIpc) is 3.13. The van der Waals surface area contributed by atoms with Crippen molar-refractivity contribution in [2.24, 2.45) is 0 Å². The van der Waals surface area contributed by atoms with Crippen molar-refractivity contribution in [3.8, 4) is 5.75 Å². The maximum Gasteiger partial charge on any atom is 0.323 e. The van der Waals surface area contributed by atoms with E-state index in [0.29, 0.717) is 13.0 Å². The van der Waals surface area contributed by atoms with Gasteiger partial charge in [-0.25, -0.2) is 4.79 Å². The number of H-pyrrole nitrogens is 2. The zero-order valence-corrected chi connectivity index (χ0v) is 16.5. The summed E-state index contributed by atoms with van der Waals surface area (Å²) >= 11 is 0. The zero-order valence-electron chi connectivity index (χ0n) is 16.5. The summed E-state index contributed by atoms with van der Waals surface area (Å²) in [5, 5.41) is 3.39. The molecular weight excluding hydrogens is 368 g/mol. The van der Waals surface area contributed by atoms with Crippen molar-refractivity contribution in [2.75, 3.05) is 26.7 Å². The Morgan fingerprint density at radius 3 is 2.86 bits per heavy atom. The maximum absolute atomic E-state index is 13.0. The van der Waals surface area contributed by atoms with Crippen LogP contribution in [0.1, 0.15) is 30.0 Å². The molecule has 1 amide bonds. The van der Waals surface area contributed by atoms with Crippen molar-refractivity contribution in [1.29, 1.82) is 0 Å². The monoisotopic (exact) mass is 394 g/mol. The largest absolute Gasteiger partial charge is 0.496 e. The standard InChI is InChI=1S/C22H26N4O3/c1-29-20-7-3-2-6-16(20)19-14-23-11-12-26(19)21(27)8-4-5-15-9-10-17-18(13-15)25-22(28)24-17/h2-3,6-7,9-10,13,19,23H,4-5,8,11-12,14H2,1H3,(H2,24,25,28). The molecule has 4 rings (SSSR count). The SMILES string of the molecule is COc1ccccc1C1CNCCN1C(=O)CCCc1ccc2[nH]c(=O)[nH]c2c1. The third-order valence-corrected chi connectivity index (χ3v) is 5.50. The summed E-state index contributed by atoms with van der Waals surface area (Å²) in [6.45, 7) is 2.22. The van der Waals surface area contributed by atoms with Crippen LogP contribution in [0.3, 0.4) is 0 Å². The lowest BCUT2D eigenvalue weighted by Crippen LogP contribution is -2.48. The van der Waals surface area contributed by atoms with Gasteiger partial charge in [-0.3, -0.25) is 4.79 Å². The Balaban J connectivity index is 1.41. The lowest BCUT2D eigenvalue weighted by Gasteiger charge is -2.37. The van der Waals surface area contributed by atoms with E-state index in [1.54, 1.807) is 7.11 Å². The quantitative estimate of drug-likeness (QED) is 0.599. The van der Waals surface area contributed by atoms with E-state index in [0.717, 1.165) is 53.8 Å². The van der Waals surface area contributed by atoms with E-state index >= 15 is 0 Å². The summed E-state index contributed by atoms with van der Waals surface area (Å²) in [5.74, 6) is 0.978. The number of rotatable bonds is 6. The van der Waals surface area contributed by atoms with Gasteiger partial charge in [0.25, 0.3) is 0 Å². The first-order valence-corrected chi connectivity index (χ1v) is 10.00. The smallest absolute Gasteiger partial charge is 0.323 e. The summed E-state index contributed by atoms with van der Waals surface area (Å²) < 4.78 is 5.51. The number of imidazole rings is 1. The fraction of sp³-hybridized carbons (Fsp3) is 0.364. The number of aromatic nitrogens is 2. The number of aryl methyl sites for hydroxylation is 1. The molecule has 7 heteroatoms. The predicted octanol–water partition coefficient (Wildman–Crippen LogP) is 2.36. The van der Waals surface area contributed by atoms with Gasteiger partial charge in [0.1, 0.15) is 5.75 Å². The molecule has 1 aliphatic heterocycles. The number of fused-ring (bicyclic) bond motifs is 1. The van der Waals surface area contributed by atoms with Crippen LogP contribution in [0.5, 0.6) is 5.75 Å². The number of aromatic amines is 2. The van der Waals surface area contributed by atoms with E-state index < -0.39 is 0 Å². The summed E-state index contributed by atoms with van der Waals surface area (Å²) in [7, 11) is 1.66. The van der Waals surface area contributed by atoms with Crippen LogP contribution >= 0.6 is 0 Å². The van der Waals surface area contributed by atoms with Gasteiger partial charge in [0.15, 0.2) is 0 Å². The second kappa shape index (κ2) is 8.53. The highest BCUT2D eigenvalue weighted by Crippen LogP contribution is 2.30. The number of ether oxygens (including phenoxy) is 1. The van der Waals surface area contributed by atoms with Crippen molar-refractivity contribution < 1.29 is 9.53 Å². The van der Waals surface area contributed by atoms with Crippen LogP contribution in [-0.2, 0) is 11.2 Å². The molecule has 3 aromatic rings. The van der Waals surface area contributed by atoms with E-state index in [2.05, 4.69) is 15.3 Å². The summed E-state index contributed by atoms with van der Waals surface area (Å²) in [6, 6.07) is 13.7. The molecule has 152 valence electrons. The number of hydrogen-bond acceptors (Lipinski definition) is 4. The third-order valence-electron chi connectivity index (χ3n) is 5.50. The van der Waals surface area contributed by atoms with E-state index in [1.165, 1.54) is 0 Å². The Labute approximate surface area is 169 Å². The van der Waals surface area contributed by atoms with Crippen molar-refractivity contribution in [3.05, 3.63) is 64.1 Å². The van der Waals surface area contributed by atoms with Crippen LogP contribution < -0.4 is 15.7 Å². The summed E-state index contributed by atoms with van der Waals surface area (Å²) in [4.78, 5) is 31.9. The Morgan fingerprint density at radius 1 is 1.17 bits per heavy atom. The van der Waals surface area contributed by atoms with Crippen LogP contribution in [0.25, 0.3) is 11.0 Å². The zero-order chi connectivity index (χ0) is 20.2. The molecule has 0 spiro atoms. The minimum Gasteiger partial charge on any atom is -0.496 e. The van der Waals surface area contributed by atoms with Gasteiger partial charge in [0, 0.05) is 31.6 Å². The fourth-order valence-electron chi connectivity index (χ4n) is 4.04. The van der Waals surface area contributed by atoms with E-state index in [1.807, 2.05) is 47.4 Å². The fourth-order valence-corrected chi connectivity index (χ4v) is 4.04. The number of hydrogen-bond donors (Lipinski definition) is 3. The molecule has 1 atom stereocenters. The number of piperazine rings is 1. The molecule has 0 saturated carbocycles. The Bertz CT molecular complexity index is 1060. The van der Waals surface area contributed by atoms with Gasteiger partial charge in [0.05, 0.1) is 24.2 Å². The molecular formula is C22H26N4O3. The number of carbonyl (C=O) groups excluding carboxylic acids is 1. The molecule has 3 N–H and O–H groups in total. The van der Waals surface area contributed by atoms with Crippen molar-refractivity contribution >= 4 is 16.9 Å². The molecule has 7 nitrogen and oxygen atoms in total. The highest BCUT2D eigenvalue weighted by molar-refractivity contribution is 5.77. The molecule has 0 aliphatic carbocycles. The van der Waals surface area contributed by atoms with Crippen LogP contribution in [0.4, 0.5) is 0 Å². The number of methoxy groups -OCH3 is 1. The summed E-state index contributed by atoms with van der Waals surface area (Å²) in [6.07, 6.45) is 2.05. The number of benzene rings is 2. The van der Waals surface area contributed by atoms with Gasteiger partial charge in [-0.15, -0.1) is 0 Å². The Kier molecular flexibility index (Phi) is 5.67. The number of para-hydroxylation sites is 1. The molecule has 2 aromatic carbocycles. The molecule has 1 aromatic heterocycles. The first kappa shape index (κ1) is 19.3. The van der Waals surface area contributed by atoms with Crippen LogP contribution in [0, 0.1) is 0 Å². The highest BCUT2D eigenvalue weighted by atomic mass is 16.5. The molecule has 0 radical (unpaired) electrons. The van der Waals surface area contributed by atoms with Gasteiger partial charge in [-0.1, -0.05) is 24.3 Å². The van der Waals surface area contributed by atoms with Gasteiger partial charge in [0.2, 0.25) is 5.91 Å². The molecule has 1 fully saturated rings. The van der Waals surface area contributed by atoms with Gasteiger partial charge < -0.3 is 24.9 Å². The van der Waals surface area contributed by atoms with Gasteiger partial charge >= 0.3 is 5.69 Å². The molecule has 1 saturated heterocycles. The van der Waals surface area contributed by atoms with Crippen LogP contribution in [0.2, 0.25) is 0 Å². The van der Waals surface area contributed by atoms with E-state index in [4.69, 9.17) is 4.74 Å². The second-order valence-corrected chi connectivity index (χ2v) is 7.36. The van der Waals surface area contributed by atoms with Crippen molar-refractivity contribution in [2.45, 2.75) is 25.3 Å². The van der Waals surface area contributed by atoms with Crippen LogP contribution in [-0.4, -0.2) is 47.5 Å². The lowest BCUT2D eigenvalue weighted by atomic mass is 10.0. The predicted molar refractivity (Wildman–Crippen MR) is 112 cm³/mol. The lowest BCUT2D eigenvalue weighted by molar-refractivity contribution is -0.134. The van der Waals surface area contributed by atoms with Crippen LogP contribution in [0.15, 0.2) is 47.3 Å². The van der Waals surface area contributed by atoms with E-state index in [-0.39, 0.29) is 17.6 Å². The minimum absolute atomic E-state index is 0.0197. The van der Waals surface area contributed by atoms with Crippen molar-refractivity contribution in [1.82, 2.24) is 20.2 Å². The number of nitrogens with one attached hydrogen (secondary N) is 3. The van der Waals surface area contributed by atoms with E-state index in [9.17, 15) is 9.59 Å². The number of amides is 1. The summed E-state index contributed by atoms with van der Waals surface area (Å²) in [5.41, 5.74) is 3.56. The average molecular weight is 394 g/mol. The number of carbonyl (C=O) groups is 1.